The predicted octanol–water partition coefficient (Wildman–Crippen LogP) is 8.52. The number of benzene rings is 2. The number of aromatic nitrogens is 1. The van der Waals surface area contributed by atoms with Gasteiger partial charge in [-0.25, -0.2) is 0 Å². The summed E-state index contributed by atoms with van der Waals surface area (Å²) in [6.07, 6.45) is 13.2. The Labute approximate surface area is 317 Å². The van der Waals surface area contributed by atoms with Gasteiger partial charge in [-0.05, 0) is 103 Å². The molecule has 3 aromatic rings. The van der Waals surface area contributed by atoms with Crippen LogP contribution in [0.2, 0.25) is 0 Å². The lowest BCUT2D eigenvalue weighted by molar-refractivity contribution is -0.129. The molecule has 0 radical (unpaired) electrons. The lowest BCUT2D eigenvalue weighted by atomic mass is 9.87. The highest BCUT2D eigenvalue weighted by Gasteiger charge is 2.33. The molecule has 1 saturated heterocycles. The van der Waals surface area contributed by atoms with E-state index in [1.54, 1.807) is 11.8 Å². The summed E-state index contributed by atoms with van der Waals surface area (Å²) in [5.41, 5.74) is 15.9. The Hall–Kier alpha value is -4.59. The third-order valence-electron chi connectivity index (χ3n) is 12.2. The Morgan fingerprint density at radius 2 is 1.77 bits per heavy atom. The summed E-state index contributed by atoms with van der Waals surface area (Å²) in [7, 11) is 2.08. The summed E-state index contributed by atoms with van der Waals surface area (Å²) in [6, 6.07) is 13.7. The van der Waals surface area contributed by atoms with Crippen molar-refractivity contribution in [2.75, 3.05) is 39.8 Å². The van der Waals surface area contributed by atoms with E-state index >= 15 is 0 Å². The maximum atomic E-state index is 13.7. The second kappa shape index (κ2) is 15.4. The van der Waals surface area contributed by atoms with Crippen LogP contribution in [0.4, 0.5) is 0 Å². The Balaban J connectivity index is 1.00. The molecule has 53 heavy (non-hydrogen) atoms. The first kappa shape index (κ1) is 36.8. The molecule has 2 atom stereocenters. The van der Waals surface area contributed by atoms with Crippen molar-refractivity contribution in [3.05, 3.63) is 136 Å². The van der Waals surface area contributed by atoms with Gasteiger partial charge >= 0.3 is 0 Å². The van der Waals surface area contributed by atoms with Crippen LogP contribution in [0.25, 0.3) is 11.3 Å². The molecule has 276 valence electrons. The fraction of sp³-hybridized carbons (Fsp3) is 0.413. The molecule has 0 N–H and O–H groups in total. The van der Waals surface area contributed by atoms with Gasteiger partial charge in [0.2, 0.25) is 5.91 Å². The molecule has 4 aliphatic rings. The first-order chi connectivity index (χ1) is 25.5. The van der Waals surface area contributed by atoms with Crippen molar-refractivity contribution in [3.63, 3.8) is 0 Å². The van der Waals surface area contributed by atoms with Crippen molar-refractivity contribution in [2.24, 2.45) is 10.9 Å². The largest absolute Gasteiger partial charge is 0.350 e. The van der Waals surface area contributed by atoms with Crippen LogP contribution in [0.15, 0.2) is 91.0 Å². The first-order valence-electron chi connectivity index (χ1n) is 19.5. The number of pyridine rings is 1. The van der Waals surface area contributed by atoms with Crippen LogP contribution in [0.3, 0.4) is 0 Å². The van der Waals surface area contributed by atoms with E-state index in [0.717, 1.165) is 62.7 Å². The molecule has 0 spiro atoms. The minimum Gasteiger partial charge on any atom is -0.350 e. The molecule has 1 amide bonds. The van der Waals surface area contributed by atoms with Crippen LogP contribution in [-0.4, -0.2) is 76.0 Å². The van der Waals surface area contributed by atoms with Gasteiger partial charge in [0.15, 0.2) is 0 Å². The maximum absolute atomic E-state index is 13.7. The highest BCUT2D eigenvalue weighted by atomic mass is 16.2. The number of hydrogen-bond acceptors (Lipinski definition) is 6. The van der Waals surface area contributed by atoms with Gasteiger partial charge in [-0.2, -0.15) is 0 Å². The number of amides is 1. The van der Waals surface area contributed by atoms with Crippen LogP contribution in [0.1, 0.15) is 103 Å². The molecule has 3 aliphatic heterocycles. The van der Waals surface area contributed by atoms with Crippen LogP contribution >= 0.6 is 0 Å². The number of nitrogens with zero attached hydrogens (tertiary/aromatic N) is 6. The summed E-state index contributed by atoms with van der Waals surface area (Å²) < 4.78 is 0. The first-order valence-corrected chi connectivity index (χ1v) is 19.5. The highest BCUT2D eigenvalue weighted by molar-refractivity contribution is 6.01. The van der Waals surface area contributed by atoms with E-state index in [2.05, 4.69) is 101 Å². The number of rotatable bonds is 10. The molecule has 0 bridgehead atoms. The van der Waals surface area contributed by atoms with Gasteiger partial charge in [-0.1, -0.05) is 56.5 Å². The van der Waals surface area contributed by atoms with Crippen LogP contribution in [0.5, 0.6) is 0 Å². The summed E-state index contributed by atoms with van der Waals surface area (Å²) in [4.78, 5) is 32.0. The smallest absolute Gasteiger partial charge is 0.250 e. The topological polar surface area (TPSA) is 55.3 Å². The molecular formula is C46H56N6O. The van der Waals surface area contributed by atoms with Gasteiger partial charge in [0, 0.05) is 112 Å². The minimum atomic E-state index is -0.0975. The third kappa shape index (κ3) is 7.47. The third-order valence-corrected chi connectivity index (χ3v) is 12.2. The lowest BCUT2D eigenvalue weighted by Gasteiger charge is -2.39. The van der Waals surface area contributed by atoms with Gasteiger partial charge in [0.25, 0.3) is 0 Å². The van der Waals surface area contributed by atoms with E-state index < -0.39 is 0 Å². The number of hydrogen-bond donors (Lipinski definition) is 0. The number of fused-ring (bicyclic) bond motifs is 2. The van der Waals surface area contributed by atoms with Gasteiger partial charge < -0.3 is 9.80 Å². The van der Waals surface area contributed by atoms with Gasteiger partial charge in [0.1, 0.15) is 0 Å². The van der Waals surface area contributed by atoms with E-state index in [9.17, 15) is 4.79 Å². The molecule has 2 aromatic carbocycles. The van der Waals surface area contributed by atoms with Crippen molar-refractivity contribution in [1.82, 2.24) is 24.6 Å². The standard InChI is InChI=1S/C46H56N6O/c1-9-17-48-33(5)31(3)32(4)46(53)52-19-16-40-37(11-10-12-39(40)35(52)7)27-50-20-22-51(23-21-50)29-44-30(2)24-38(25-42(44)36-13-14-36)45-28-49(8)34(6)43-26-47-18-15-41(43)45/h9-12,15,17-18,24-26,28,31,35-36H,4,6,13-14,16,19-23,27,29H2,1-3,5,7-8H3/b17-9-,48-33?. The summed E-state index contributed by atoms with van der Waals surface area (Å²) in [5.74, 6) is 0.605. The summed E-state index contributed by atoms with van der Waals surface area (Å²) in [6.45, 7) is 25.9. The summed E-state index contributed by atoms with van der Waals surface area (Å²) in [5, 5.41) is 0. The van der Waals surface area contributed by atoms with E-state index in [-0.39, 0.29) is 17.9 Å². The number of allylic oxidation sites excluding steroid dienone is 1. The molecule has 1 saturated carbocycles. The highest BCUT2D eigenvalue weighted by Crippen LogP contribution is 2.45. The van der Waals surface area contributed by atoms with Crippen molar-refractivity contribution in [2.45, 2.75) is 78.9 Å². The molecule has 7 rings (SSSR count). The van der Waals surface area contributed by atoms with Crippen LogP contribution in [-0.2, 0) is 24.3 Å². The number of aliphatic imine (C=N–C) groups is 1. The molecule has 4 heterocycles. The van der Waals surface area contributed by atoms with Crippen LogP contribution in [0, 0.1) is 12.8 Å². The molecule has 1 aliphatic carbocycles. The zero-order chi connectivity index (χ0) is 37.4. The summed E-state index contributed by atoms with van der Waals surface area (Å²) >= 11 is 0. The van der Waals surface area contributed by atoms with E-state index in [0.29, 0.717) is 18.0 Å². The van der Waals surface area contributed by atoms with Gasteiger partial charge in [-0.15, -0.1) is 0 Å². The maximum Gasteiger partial charge on any atom is 0.250 e. The van der Waals surface area contributed by atoms with Crippen molar-refractivity contribution in [1.29, 1.82) is 0 Å². The lowest BCUT2D eigenvalue weighted by Crippen LogP contribution is -2.46. The fourth-order valence-electron chi connectivity index (χ4n) is 8.46. The SMILES string of the molecule is C=C(C(=O)N1CCc2c(CN3CCN(Cc4c(C)cc(C5=CN(C)C(=C)c6cnccc65)cc4C4CC4)CC3)cccc2C1C)C(C)C(C)=N/C=C\C. The predicted molar refractivity (Wildman–Crippen MR) is 218 cm³/mol. The number of carbonyl (C=O) groups is 1. The van der Waals surface area contributed by atoms with Crippen molar-refractivity contribution >= 4 is 22.9 Å². The Morgan fingerprint density at radius 1 is 1.04 bits per heavy atom. The molecule has 7 nitrogen and oxygen atoms in total. The molecular weight excluding hydrogens is 653 g/mol. The van der Waals surface area contributed by atoms with Gasteiger partial charge in [-0.3, -0.25) is 24.6 Å². The van der Waals surface area contributed by atoms with E-state index in [4.69, 9.17) is 0 Å². The second-order valence-corrected chi connectivity index (χ2v) is 15.6. The number of carbonyl (C=O) groups excluding carboxylic acids is 1. The van der Waals surface area contributed by atoms with Crippen molar-refractivity contribution < 1.29 is 4.79 Å². The van der Waals surface area contributed by atoms with Gasteiger partial charge in [0.05, 0.1) is 6.04 Å². The Morgan fingerprint density at radius 3 is 2.49 bits per heavy atom. The second-order valence-electron chi connectivity index (χ2n) is 15.6. The Bertz CT molecular complexity index is 2010. The van der Waals surface area contributed by atoms with E-state index in [1.807, 2.05) is 44.1 Å². The van der Waals surface area contributed by atoms with Crippen LogP contribution < -0.4 is 0 Å². The molecule has 2 unspecified atom stereocenters. The average molecular weight is 709 g/mol. The minimum absolute atomic E-state index is 0.0107. The monoisotopic (exact) mass is 708 g/mol. The quantitative estimate of drug-likeness (QED) is 0.156. The molecule has 2 fully saturated rings. The van der Waals surface area contributed by atoms with Crippen molar-refractivity contribution in [3.8, 4) is 0 Å². The zero-order valence-corrected chi connectivity index (χ0v) is 32.7. The number of aryl methyl sites for hydroxylation is 1. The molecule has 1 aromatic heterocycles. The van der Waals surface area contributed by atoms with E-state index in [1.165, 1.54) is 57.4 Å². The fourth-order valence-corrected chi connectivity index (χ4v) is 8.46. The molecule has 7 heteroatoms. The zero-order valence-electron chi connectivity index (χ0n) is 32.7. The average Bonchev–Trinajstić information content (AvgIpc) is 4.02. The Kier molecular flexibility index (Phi) is 10.7. The normalized spacial score (nSPS) is 20.3. The number of piperazine rings is 1.